The van der Waals surface area contributed by atoms with Crippen LogP contribution in [0.15, 0.2) is 18.7 Å². The van der Waals surface area contributed by atoms with Gasteiger partial charge in [-0.2, -0.15) is 15.1 Å². The van der Waals surface area contributed by atoms with Crippen molar-refractivity contribution in [1.82, 2.24) is 29.7 Å². The maximum atomic E-state index is 12.5. The van der Waals surface area contributed by atoms with E-state index >= 15 is 0 Å². The van der Waals surface area contributed by atoms with Gasteiger partial charge in [-0.25, -0.2) is 4.98 Å². The van der Waals surface area contributed by atoms with Crippen molar-refractivity contribution >= 4 is 28.8 Å². The van der Waals surface area contributed by atoms with Crippen LogP contribution in [0.5, 0.6) is 0 Å². The fourth-order valence-corrected chi connectivity index (χ4v) is 4.18. The number of imidazole rings is 1. The molecule has 1 aliphatic heterocycles. The lowest BCUT2D eigenvalue weighted by atomic mass is 10.1. The first kappa shape index (κ1) is 20.8. The molecular weight excluding hydrogens is 420 g/mol. The first-order chi connectivity index (χ1) is 15.5. The lowest BCUT2D eigenvalue weighted by molar-refractivity contribution is -0.0511. The molecule has 3 aromatic rings. The summed E-state index contributed by atoms with van der Waals surface area (Å²) in [4.78, 5) is 25.8. The van der Waals surface area contributed by atoms with Crippen LogP contribution in [-0.4, -0.2) is 81.9 Å². The van der Waals surface area contributed by atoms with Gasteiger partial charge < -0.3 is 25.4 Å². The molecule has 32 heavy (non-hydrogen) atoms. The lowest BCUT2D eigenvalue weighted by Gasteiger charge is -2.18. The maximum Gasteiger partial charge on any atom is 0.261 e. The molecule has 5 rings (SSSR count). The summed E-state index contributed by atoms with van der Waals surface area (Å²) in [5.41, 5.74) is 1.06. The molecule has 0 bridgehead atoms. The molecule has 1 saturated carbocycles. The molecule has 13 nitrogen and oxygen atoms in total. The Morgan fingerprint density at radius 1 is 1.25 bits per heavy atom. The van der Waals surface area contributed by atoms with Gasteiger partial charge in [-0.15, -0.1) is 0 Å². The fourth-order valence-electron chi connectivity index (χ4n) is 4.18. The van der Waals surface area contributed by atoms with E-state index in [9.17, 15) is 20.1 Å². The van der Waals surface area contributed by atoms with E-state index in [4.69, 9.17) is 4.74 Å². The topological polar surface area (TPSA) is 183 Å². The van der Waals surface area contributed by atoms with Crippen LogP contribution < -0.4 is 10.6 Å². The average molecular weight is 444 g/mol. The normalized spacial score (nSPS) is 26.1. The summed E-state index contributed by atoms with van der Waals surface area (Å²) in [6, 6.07) is 0.226. The number of nitrogens with zero attached hydrogens (tertiary/aromatic N) is 5. The number of aliphatic hydroxyl groups is 3. The van der Waals surface area contributed by atoms with E-state index < -0.39 is 37.1 Å². The Bertz CT molecular complexity index is 1100. The number of aromatic amines is 1. The predicted octanol–water partition coefficient (Wildman–Crippen LogP) is -0.232. The largest absolute Gasteiger partial charge is 0.394 e. The van der Waals surface area contributed by atoms with Gasteiger partial charge in [-0.05, 0) is 12.8 Å². The van der Waals surface area contributed by atoms with Crippen LogP contribution in [-0.2, 0) is 4.74 Å². The highest BCUT2D eigenvalue weighted by molar-refractivity contribution is 6.03. The first-order valence-electron chi connectivity index (χ1n) is 10.5. The van der Waals surface area contributed by atoms with Gasteiger partial charge in [0.1, 0.15) is 18.3 Å². The zero-order valence-corrected chi connectivity index (χ0v) is 17.0. The molecule has 4 atom stereocenters. The molecule has 2 fully saturated rings. The zero-order valence-electron chi connectivity index (χ0n) is 17.0. The second-order valence-electron chi connectivity index (χ2n) is 8.02. The Balaban J connectivity index is 1.53. The van der Waals surface area contributed by atoms with Gasteiger partial charge >= 0.3 is 0 Å². The number of hydrogen-bond donors (Lipinski definition) is 6. The number of anilines is 2. The number of aromatic nitrogens is 6. The summed E-state index contributed by atoms with van der Waals surface area (Å²) in [7, 11) is 0. The van der Waals surface area contributed by atoms with Crippen molar-refractivity contribution in [3.05, 3.63) is 24.3 Å². The van der Waals surface area contributed by atoms with Crippen LogP contribution >= 0.6 is 0 Å². The smallest absolute Gasteiger partial charge is 0.261 e. The van der Waals surface area contributed by atoms with Crippen LogP contribution in [0, 0.1) is 0 Å². The zero-order chi connectivity index (χ0) is 22.2. The third-order valence-electron chi connectivity index (χ3n) is 5.89. The second kappa shape index (κ2) is 8.43. The Morgan fingerprint density at radius 3 is 2.75 bits per heavy atom. The van der Waals surface area contributed by atoms with E-state index in [-0.39, 0.29) is 12.0 Å². The minimum Gasteiger partial charge on any atom is -0.394 e. The van der Waals surface area contributed by atoms with E-state index in [2.05, 4.69) is 35.8 Å². The van der Waals surface area contributed by atoms with Crippen molar-refractivity contribution in [2.45, 2.75) is 56.3 Å². The Hall–Kier alpha value is -3.13. The van der Waals surface area contributed by atoms with Gasteiger partial charge in [0.25, 0.3) is 5.91 Å². The van der Waals surface area contributed by atoms with Crippen LogP contribution in [0.2, 0.25) is 0 Å². The number of H-pyrrole nitrogens is 1. The first-order valence-corrected chi connectivity index (χ1v) is 10.5. The van der Waals surface area contributed by atoms with E-state index in [1.165, 1.54) is 23.3 Å². The molecule has 4 heterocycles. The summed E-state index contributed by atoms with van der Waals surface area (Å²) in [5.74, 6) is 0.0523. The summed E-state index contributed by atoms with van der Waals surface area (Å²) in [6.07, 6.45) is 3.99. The van der Waals surface area contributed by atoms with Crippen molar-refractivity contribution in [3.63, 3.8) is 0 Å². The van der Waals surface area contributed by atoms with E-state index in [1.807, 2.05) is 0 Å². The van der Waals surface area contributed by atoms with Crippen molar-refractivity contribution < 1.29 is 24.9 Å². The van der Waals surface area contributed by atoms with Gasteiger partial charge in [0, 0.05) is 12.2 Å². The molecule has 0 spiro atoms. The lowest BCUT2D eigenvalue weighted by Crippen LogP contribution is -2.33. The number of hydrogen-bond acceptors (Lipinski definition) is 10. The molecule has 0 radical (unpaired) electrons. The summed E-state index contributed by atoms with van der Waals surface area (Å²) in [6.45, 7) is -0.448. The molecule has 1 unspecified atom stereocenters. The van der Waals surface area contributed by atoms with Gasteiger partial charge in [0.15, 0.2) is 23.2 Å². The standard InChI is InChI=1S/C19H24N8O5/c28-7-11-13(29)14(30)18(32-11)27-8-20-12-15(23-10-3-1-2-4-10)24-19(25-16(12)27)26-17(31)9-5-21-22-6-9/h5-6,8,10-11,13-14,18,28-30H,1-4,7H2,(H,21,22)(H2,23,24,25,26,31)/t11-,13-,14-,18?/m1/s1. The molecule has 1 saturated heterocycles. The SMILES string of the molecule is O=C(Nc1nc(NC2CCCC2)c2ncn(C3O[C@H](CO)[C@@H](O)[C@H]3O)c2n1)c1cn[nH]c1. The van der Waals surface area contributed by atoms with Crippen molar-refractivity contribution in [2.24, 2.45) is 0 Å². The number of fused-ring (bicyclic) bond motifs is 1. The monoisotopic (exact) mass is 444 g/mol. The predicted molar refractivity (Wildman–Crippen MR) is 111 cm³/mol. The Kier molecular flexibility index (Phi) is 5.46. The quantitative estimate of drug-likeness (QED) is 0.297. The van der Waals surface area contributed by atoms with Crippen LogP contribution in [0.1, 0.15) is 42.3 Å². The van der Waals surface area contributed by atoms with Crippen LogP contribution in [0.3, 0.4) is 0 Å². The molecule has 2 aliphatic rings. The summed E-state index contributed by atoms with van der Waals surface area (Å²) >= 11 is 0. The molecule has 1 amide bonds. The second-order valence-corrected chi connectivity index (χ2v) is 8.02. The summed E-state index contributed by atoms with van der Waals surface area (Å²) < 4.78 is 7.10. The number of amides is 1. The fraction of sp³-hybridized carbons (Fsp3) is 0.526. The van der Waals surface area contributed by atoms with E-state index in [1.54, 1.807) is 0 Å². The molecule has 0 aromatic carbocycles. The van der Waals surface area contributed by atoms with Gasteiger partial charge in [-0.3, -0.25) is 19.8 Å². The molecule has 1 aliphatic carbocycles. The van der Waals surface area contributed by atoms with Crippen LogP contribution in [0.25, 0.3) is 11.2 Å². The number of nitrogens with one attached hydrogen (secondary N) is 3. The molecule has 6 N–H and O–H groups in total. The highest BCUT2D eigenvalue weighted by Gasteiger charge is 2.44. The minimum atomic E-state index is -1.30. The van der Waals surface area contributed by atoms with E-state index in [0.717, 1.165) is 25.7 Å². The third-order valence-corrected chi connectivity index (χ3v) is 5.89. The highest BCUT2D eigenvalue weighted by atomic mass is 16.6. The number of carbonyl (C=O) groups is 1. The van der Waals surface area contributed by atoms with Gasteiger partial charge in [0.05, 0.1) is 24.7 Å². The van der Waals surface area contributed by atoms with Gasteiger partial charge in [0.2, 0.25) is 5.95 Å². The van der Waals surface area contributed by atoms with E-state index in [0.29, 0.717) is 22.5 Å². The molecular formula is C19H24N8O5. The van der Waals surface area contributed by atoms with Crippen LogP contribution in [0.4, 0.5) is 11.8 Å². The Morgan fingerprint density at radius 2 is 2.06 bits per heavy atom. The number of aliphatic hydroxyl groups excluding tert-OH is 3. The number of rotatable bonds is 6. The van der Waals surface area contributed by atoms with Crippen molar-refractivity contribution in [2.75, 3.05) is 17.2 Å². The highest BCUT2D eigenvalue weighted by Crippen LogP contribution is 2.33. The minimum absolute atomic E-state index is 0.0395. The summed E-state index contributed by atoms with van der Waals surface area (Å²) in [5, 5.41) is 42.4. The van der Waals surface area contributed by atoms with Gasteiger partial charge in [-0.1, -0.05) is 12.8 Å². The van der Waals surface area contributed by atoms with Crippen molar-refractivity contribution in [1.29, 1.82) is 0 Å². The molecule has 170 valence electrons. The molecule has 13 heteroatoms. The Labute approximate surface area is 181 Å². The molecule has 3 aromatic heterocycles. The maximum absolute atomic E-state index is 12.5. The number of carbonyl (C=O) groups excluding carboxylic acids is 1. The third kappa shape index (κ3) is 3.68. The number of ether oxygens (including phenoxy) is 1. The average Bonchev–Trinajstić information content (AvgIpc) is 3.57. The van der Waals surface area contributed by atoms with Crippen molar-refractivity contribution in [3.8, 4) is 0 Å².